The van der Waals surface area contributed by atoms with Gasteiger partial charge in [0.2, 0.25) is 0 Å². The number of carbonyl (C=O) groups excluding carboxylic acids is 1. The van der Waals surface area contributed by atoms with E-state index in [9.17, 15) is 4.79 Å². The average Bonchev–Trinajstić information content (AvgIpc) is 2.48. The molecule has 4 N–H and O–H groups in total. The van der Waals surface area contributed by atoms with Crippen LogP contribution < -0.4 is 11.1 Å². The zero-order valence-electron chi connectivity index (χ0n) is 11.5. The number of nitrogens with two attached hydrogens (primary N) is 1. The Balaban J connectivity index is 2.14. The average molecular weight is 349 g/mol. The molecule has 1 amide bonds. The largest absolute Gasteiger partial charge is 0.398 e. The van der Waals surface area contributed by atoms with Gasteiger partial charge in [-0.05, 0) is 58.6 Å². The van der Waals surface area contributed by atoms with Gasteiger partial charge in [-0.1, -0.05) is 18.2 Å². The smallest absolute Gasteiger partial charge is 0.256 e. The molecule has 0 radical (unpaired) electrons. The van der Waals surface area contributed by atoms with E-state index in [2.05, 4.69) is 21.2 Å². The lowest BCUT2D eigenvalue weighted by molar-refractivity contribution is 0.102. The van der Waals surface area contributed by atoms with Crippen molar-refractivity contribution < 1.29 is 9.90 Å². The van der Waals surface area contributed by atoms with Crippen molar-refractivity contribution in [2.45, 2.75) is 12.8 Å². The number of nitrogens with one attached hydrogen (secondary N) is 1. The number of hydrogen-bond acceptors (Lipinski definition) is 3. The van der Waals surface area contributed by atoms with E-state index in [1.54, 1.807) is 18.2 Å². The van der Waals surface area contributed by atoms with Gasteiger partial charge in [0, 0.05) is 18.0 Å². The molecular formula is C16H17BrN2O2. The number of carbonyl (C=O) groups is 1. The highest BCUT2D eigenvalue weighted by molar-refractivity contribution is 9.10. The van der Waals surface area contributed by atoms with Gasteiger partial charge >= 0.3 is 0 Å². The fraction of sp³-hybridized carbons (Fsp3) is 0.188. The van der Waals surface area contributed by atoms with Crippen LogP contribution in [0.5, 0.6) is 0 Å². The first kappa shape index (κ1) is 15.5. The molecule has 0 aliphatic rings. The number of nitrogen functional groups attached to an aromatic ring is 1. The first-order valence-electron chi connectivity index (χ1n) is 6.67. The van der Waals surface area contributed by atoms with Crippen LogP contribution in [0.2, 0.25) is 0 Å². The summed E-state index contributed by atoms with van der Waals surface area (Å²) in [6, 6.07) is 12.8. The Morgan fingerprint density at radius 3 is 2.76 bits per heavy atom. The molecule has 0 saturated carbocycles. The summed E-state index contributed by atoms with van der Waals surface area (Å²) in [7, 11) is 0. The normalized spacial score (nSPS) is 10.4. The number of aliphatic hydroxyl groups excluding tert-OH is 1. The Morgan fingerprint density at radius 2 is 2.00 bits per heavy atom. The third kappa shape index (κ3) is 4.06. The number of rotatable bonds is 5. The van der Waals surface area contributed by atoms with Crippen LogP contribution >= 0.6 is 15.9 Å². The molecule has 0 atom stereocenters. The van der Waals surface area contributed by atoms with E-state index >= 15 is 0 Å². The molecule has 0 aliphatic carbocycles. The fourth-order valence-electron chi connectivity index (χ4n) is 2.01. The molecule has 0 unspecified atom stereocenters. The van der Waals surface area contributed by atoms with Crippen LogP contribution in [0.15, 0.2) is 46.9 Å². The standard InChI is InChI=1S/C16H17BrN2O2/c17-15-13(7-2-8-14(15)18)16(21)19-12-6-1-4-11(10-12)5-3-9-20/h1-2,4,6-8,10,20H,3,5,9,18H2,(H,19,21). The van der Waals surface area contributed by atoms with E-state index in [1.807, 2.05) is 24.3 Å². The van der Waals surface area contributed by atoms with Gasteiger partial charge in [0.1, 0.15) is 0 Å². The molecule has 0 spiro atoms. The minimum Gasteiger partial charge on any atom is -0.398 e. The summed E-state index contributed by atoms with van der Waals surface area (Å²) in [6.07, 6.45) is 1.49. The zero-order chi connectivity index (χ0) is 15.2. The van der Waals surface area contributed by atoms with Gasteiger partial charge < -0.3 is 16.2 Å². The molecule has 0 aromatic heterocycles. The van der Waals surface area contributed by atoms with Crippen LogP contribution in [-0.2, 0) is 6.42 Å². The van der Waals surface area contributed by atoms with Gasteiger partial charge in [0.05, 0.1) is 10.0 Å². The zero-order valence-corrected chi connectivity index (χ0v) is 13.1. The number of hydrogen-bond donors (Lipinski definition) is 3. The number of benzene rings is 2. The first-order chi connectivity index (χ1) is 10.1. The molecule has 2 aromatic carbocycles. The van der Waals surface area contributed by atoms with Crippen molar-refractivity contribution in [3.63, 3.8) is 0 Å². The molecule has 0 aliphatic heterocycles. The lowest BCUT2D eigenvalue weighted by Gasteiger charge is -2.09. The highest BCUT2D eigenvalue weighted by atomic mass is 79.9. The van der Waals surface area contributed by atoms with Crippen molar-refractivity contribution in [3.05, 3.63) is 58.1 Å². The highest BCUT2D eigenvalue weighted by Crippen LogP contribution is 2.24. The summed E-state index contributed by atoms with van der Waals surface area (Å²) in [4.78, 5) is 12.3. The Bertz CT molecular complexity index is 644. The van der Waals surface area contributed by atoms with Crippen molar-refractivity contribution in [3.8, 4) is 0 Å². The second-order valence-corrected chi connectivity index (χ2v) is 5.48. The topological polar surface area (TPSA) is 75.4 Å². The highest BCUT2D eigenvalue weighted by Gasteiger charge is 2.12. The molecule has 4 nitrogen and oxygen atoms in total. The summed E-state index contributed by atoms with van der Waals surface area (Å²) in [6.45, 7) is 0.160. The second-order valence-electron chi connectivity index (χ2n) is 4.69. The van der Waals surface area contributed by atoms with Crippen LogP contribution in [0.3, 0.4) is 0 Å². The van der Waals surface area contributed by atoms with E-state index < -0.39 is 0 Å². The van der Waals surface area contributed by atoms with Crippen LogP contribution in [-0.4, -0.2) is 17.6 Å². The number of amides is 1. The van der Waals surface area contributed by atoms with Gasteiger partial charge in [0.25, 0.3) is 5.91 Å². The molecule has 5 heteroatoms. The summed E-state index contributed by atoms with van der Waals surface area (Å²) in [5, 5.41) is 11.7. The predicted octanol–water partition coefficient (Wildman–Crippen LogP) is 3.21. The minimum absolute atomic E-state index is 0.160. The van der Waals surface area contributed by atoms with Crippen molar-refractivity contribution in [2.75, 3.05) is 17.7 Å². The Kier molecular flexibility index (Phi) is 5.36. The predicted molar refractivity (Wildman–Crippen MR) is 88.4 cm³/mol. The number of aliphatic hydroxyl groups is 1. The van der Waals surface area contributed by atoms with E-state index in [4.69, 9.17) is 10.8 Å². The summed E-state index contributed by atoms with van der Waals surface area (Å²) in [5.41, 5.74) is 8.61. The van der Waals surface area contributed by atoms with E-state index in [-0.39, 0.29) is 12.5 Å². The fourth-order valence-corrected chi connectivity index (χ4v) is 2.46. The monoisotopic (exact) mass is 348 g/mol. The maximum absolute atomic E-state index is 12.3. The van der Waals surface area contributed by atoms with Crippen molar-refractivity contribution in [2.24, 2.45) is 0 Å². The minimum atomic E-state index is -0.214. The number of anilines is 2. The lowest BCUT2D eigenvalue weighted by Crippen LogP contribution is -2.13. The lowest BCUT2D eigenvalue weighted by atomic mass is 10.1. The maximum Gasteiger partial charge on any atom is 0.256 e. The third-order valence-corrected chi connectivity index (χ3v) is 3.97. The maximum atomic E-state index is 12.3. The van der Waals surface area contributed by atoms with Gasteiger partial charge in [0.15, 0.2) is 0 Å². The molecule has 110 valence electrons. The van der Waals surface area contributed by atoms with Crippen molar-refractivity contribution in [1.82, 2.24) is 0 Å². The second kappa shape index (κ2) is 7.24. The van der Waals surface area contributed by atoms with Gasteiger partial charge in [-0.25, -0.2) is 0 Å². The molecule has 21 heavy (non-hydrogen) atoms. The first-order valence-corrected chi connectivity index (χ1v) is 7.46. The molecule has 0 saturated heterocycles. The Morgan fingerprint density at radius 1 is 1.24 bits per heavy atom. The van der Waals surface area contributed by atoms with E-state index in [0.717, 1.165) is 17.7 Å². The van der Waals surface area contributed by atoms with Crippen molar-refractivity contribution >= 4 is 33.2 Å². The summed E-state index contributed by atoms with van der Waals surface area (Å²) in [5.74, 6) is -0.214. The quantitative estimate of drug-likeness (QED) is 0.726. The van der Waals surface area contributed by atoms with Gasteiger partial charge in [-0.3, -0.25) is 4.79 Å². The summed E-state index contributed by atoms with van der Waals surface area (Å²) >= 11 is 3.33. The molecular weight excluding hydrogens is 332 g/mol. The molecule has 2 aromatic rings. The van der Waals surface area contributed by atoms with Crippen molar-refractivity contribution in [1.29, 1.82) is 0 Å². The summed E-state index contributed by atoms with van der Waals surface area (Å²) < 4.78 is 0.596. The van der Waals surface area contributed by atoms with Crippen LogP contribution in [0.1, 0.15) is 22.3 Å². The van der Waals surface area contributed by atoms with Gasteiger partial charge in [-0.15, -0.1) is 0 Å². The molecule has 0 bridgehead atoms. The number of halogens is 1. The van der Waals surface area contributed by atoms with E-state index in [1.165, 1.54) is 0 Å². The van der Waals surface area contributed by atoms with E-state index in [0.29, 0.717) is 22.1 Å². The third-order valence-electron chi connectivity index (χ3n) is 3.08. The Hall–Kier alpha value is -1.85. The Labute approximate surface area is 132 Å². The molecule has 2 rings (SSSR count). The molecule has 0 fully saturated rings. The SMILES string of the molecule is Nc1cccc(C(=O)Nc2cccc(CCCO)c2)c1Br. The van der Waals surface area contributed by atoms with Crippen LogP contribution in [0.25, 0.3) is 0 Å². The van der Waals surface area contributed by atoms with Crippen LogP contribution in [0, 0.1) is 0 Å². The number of aryl methyl sites for hydroxylation is 1. The van der Waals surface area contributed by atoms with Crippen LogP contribution in [0.4, 0.5) is 11.4 Å². The van der Waals surface area contributed by atoms with Gasteiger partial charge in [-0.2, -0.15) is 0 Å². The molecule has 0 heterocycles.